The van der Waals surface area contributed by atoms with Gasteiger partial charge in [0.15, 0.2) is 0 Å². The van der Waals surface area contributed by atoms with Gasteiger partial charge in [0.2, 0.25) is 0 Å². The third-order valence-corrected chi connectivity index (χ3v) is 3.97. The minimum atomic E-state index is -0.225. The molecule has 0 atom stereocenters. The molecule has 0 aliphatic heterocycles. The van der Waals surface area contributed by atoms with E-state index in [0.29, 0.717) is 24.3 Å². The van der Waals surface area contributed by atoms with E-state index < -0.39 is 0 Å². The molecule has 6 heteroatoms. The molecule has 1 aromatic heterocycles. The zero-order valence-corrected chi connectivity index (χ0v) is 12.1. The van der Waals surface area contributed by atoms with E-state index in [1.807, 2.05) is 4.68 Å². The molecule has 1 rings (SSSR count). The maximum absolute atomic E-state index is 5.98. The third kappa shape index (κ3) is 3.57. The van der Waals surface area contributed by atoms with Crippen LogP contribution in [0.5, 0.6) is 0 Å². The van der Waals surface area contributed by atoms with E-state index in [1.165, 1.54) is 0 Å². The number of alkyl halides is 2. The van der Waals surface area contributed by atoms with Gasteiger partial charge in [-0.3, -0.25) is 0 Å². The summed E-state index contributed by atoms with van der Waals surface area (Å²) in [5.74, 6) is 1.89. The first-order chi connectivity index (χ1) is 8.08. The predicted molar refractivity (Wildman–Crippen MR) is 71.7 cm³/mol. The van der Waals surface area contributed by atoms with Gasteiger partial charge < -0.3 is 5.32 Å². The molecule has 0 spiro atoms. The SMILES string of the molecule is CCC(CCl)(CCl)NCc1ncnn1C(C)C. The highest BCUT2D eigenvalue weighted by Crippen LogP contribution is 2.16. The standard InChI is InChI=1S/C11H20Cl2N4/c1-4-11(6-12,7-13)15-5-10-14-8-16-17(10)9(2)3/h8-9,15H,4-7H2,1-3H3. The first-order valence-corrected chi connectivity index (χ1v) is 6.90. The van der Waals surface area contributed by atoms with E-state index in [-0.39, 0.29) is 5.54 Å². The highest BCUT2D eigenvalue weighted by molar-refractivity contribution is 6.22. The molecular weight excluding hydrogens is 259 g/mol. The summed E-state index contributed by atoms with van der Waals surface area (Å²) in [5, 5.41) is 7.59. The molecular formula is C11H20Cl2N4. The fourth-order valence-corrected chi connectivity index (χ4v) is 2.40. The second-order valence-electron chi connectivity index (χ2n) is 4.47. The summed E-state index contributed by atoms with van der Waals surface area (Å²) in [6, 6.07) is 0.303. The predicted octanol–water partition coefficient (Wildman–Crippen LogP) is 2.58. The highest BCUT2D eigenvalue weighted by atomic mass is 35.5. The Morgan fingerprint density at radius 3 is 2.53 bits per heavy atom. The van der Waals surface area contributed by atoms with Crippen LogP contribution in [0.3, 0.4) is 0 Å². The fourth-order valence-electron chi connectivity index (χ4n) is 1.54. The Morgan fingerprint density at radius 1 is 1.41 bits per heavy atom. The summed E-state index contributed by atoms with van der Waals surface area (Å²) in [7, 11) is 0. The van der Waals surface area contributed by atoms with Crippen molar-refractivity contribution >= 4 is 23.2 Å². The van der Waals surface area contributed by atoms with Gasteiger partial charge in [-0.15, -0.1) is 23.2 Å². The Bertz CT molecular complexity index is 326. The van der Waals surface area contributed by atoms with Crippen LogP contribution in [0, 0.1) is 0 Å². The normalized spacial score (nSPS) is 12.4. The summed E-state index contributed by atoms with van der Waals surface area (Å²) < 4.78 is 1.90. The monoisotopic (exact) mass is 278 g/mol. The molecule has 1 N–H and O–H groups in total. The molecule has 0 radical (unpaired) electrons. The van der Waals surface area contributed by atoms with Gasteiger partial charge in [-0.1, -0.05) is 6.92 Å². The smallest absolute Gasteiger partial charge is 0.141 e. The zero-order valence-electron chi connectivity index (χ0n) is 10.6. The van der Waals surface area contributed by atoms with Gasteiger partial charge in [0, 0.05) is 23.3 Å². The van der Waals surface area contributed by atoms with E-state index in [0.717, 1.165) is 12.2 Å². The van der Waals surface area contributed by atoms with Crippen molar-refractivity contribution in [1.29, 1.82) is 0 Å². The third-order valence-electron chi connectivity index (χ3n) is 2.95. The Balaban J connectivity index is 2.69. The second-order valence-corrected chi connectivity index (χ2v) is 5.00. The lowest BCUT2D eigenvalue weighted by Crippen LogP contribution is -2.48. The Kier molecular flexibility index (Phi) is 5.70. The number of halogens is 2. The van der Waals surface area contributed by atoms with Crippen molar-refractivity contribution in [3.05, 3.63) is 12.2 Å². The largest absolute Gasteiger partial charge is 0.302 e. The van der Waals surface area contributed by atoms with Crippen LogP contribution in [0.2, 0.25) is 0 Å². The van der Waals surface area contributed by atoms with Crippen molar-refractivity contribution in [2.75, 3.05) is 11.8 Å². The molecule has 17 heavy (non-hydrogen) atoms. The molecule has 0 amide bonds. The van der Waals surface area contributed by atoms with Gasteiger partial charge in [0.1, 0.15) is 12.2 Å². The van der Waals surface area contributed by atoms with Gasteiger partial charge in [0.25, 0.3) is 0 Å². The lowest BCUT2D eigenvalue weighted by molar-refractivity contribution is 0.369. The van der Waals surface area contributed by atoms with Crippen molar-refractivity contribution in [2.24, 2.45) is 0 Å². The molecule has 0 bridgehead atoms. The van der Waals surface area contributed by atoms with Crippen molar-refractivity contribution in [3.63, 3.8) is 0 Å². The lowest BCUT2D eigenvalue weighted by atomic mass is 10.0. The summed E-state index contributed by atoms with van der Waals surface area (Å²) in [4.78, 5) is 4.25. The lowest BCUT2D eigenvalue weighted by Gasteiger charge is -2.29. The fraction of sp³-hybridized carbons (Fsp3) is 0.818. The molecule has 0 aromatic carbocycles. The summed E-state index contributed by atoms with van der Waals surface area (Å²) in [5.41, 5.74) is -0.225. The van der Waals surface area contributed by atoms with Crippen LogP contribution in [0.15, 0.2) is 6.33 Å². The number of nitrogens with one attached hydrogen (secondary N) is 1. The van der Waals surface area contributed by atoms with Crippen LogP contribution in [0.4, 0.5) is 0 Å². The molecule has 98 valence electrons. The number of nitrogens with zero attached hydrogens (tertiary/aromatic N) is 3. The average molecular weight is 279 g/mol. The van der Waals surface area contributed by atoms with Crippen molar-refractivity contribution in [1.82, 2.24) is 20.1 Å². The van der Waals surface area contributed by atoms with Crippen molar-refractivity contribution in [2.45, 2.75) is 45.3 Å². The molecule has 0 saturated carbocycles. The van der Waals surface area contributed by atoms with Crippen LogP contribution in [-0.2, 0) is 6.54 Å². The first kappa shape index (κ1) is 14.7. The van der Waals surface area contributed by atoms with Crippen LogP contribution in [-0.4, -0.2) is 32.1 Å². The van der Waals surface area contributed by atoms with E-state index in [9.17, 15) is 0 Å². The Labute approximate surface area is 113 Å². The Morgan fingerprint density at radius 2 is 2.06 bits per heavy atom. The number of aromatic nitrogens is 3. The number of hydrogen-bond acceptors (Lipinski definition) is 3. The number of hydrogen-bond donors (Lipinski definition) is 1. The van der Waals surface area contributed by atoms with Gasteiger partial charge in [-0.2, -0.15) is 5.10 Å². The summed E-state index contributed by atoms with van der Waals surface area (Å²) >= 11 is 12.0. The van der Waals surface area contributed by atoms with Crippen LogP contribution in [0.1, 0.15) is 39.1 Å². The van der Waals surface area contributed by atoms with E-state index in [2.05, 4.69) is 36.2 Å². The highest BCUT2D eigenvalue weighted by Gasteiger charge is 2.26. The molecule has 0 saturated heterocycles. The first-order valence-electron chi connectivity index (χ1n) is 5.84. The summed E-state index contributed by atoms with van der Waals surface area (Å²) in [6.45, 7) is 6.86. The quantitative estimate of drug-likeness (QED) is 0.780. The van der Waals surface area contributed by atoms with Crippen molar-refractivity contribution in [3.8, 4) is 0 Å². The van der Waals surface area contributed by atoms with Gasteiger partial charge in [-0.05, 0) is 20.3 Å². The Hall–Kier alpha value is -0.320. The van der Waals surface area contributed by atoms with Crippen molar-refractivity contribution < 1.29 is 0 Å². The minimum Gasteiger partial charge on any atom is -0.302 e. The minimum absolute atomic E-state index is 0.225. The topological polar surface area (TPSA) is 42.7 Å². The maximum Gasteiger partial charge on any atom is 0.141 e. The maximum atomic E-state index is 5.98. The molecule has 0 fully saturated rings. The second kappa shape index (κ2) is 6.57. The molecule has 1 aromatic rings. The van der Waals surface area contributed by atoms with Gasteiger partial charge >= 0.3 is 0 Å². The molecule has 0 aliphatic carbocycles. The van der Waals surface area contributed by atoms with Crippen LogP contribution >= 0.6 is 23.2 Å². The molecule has 0 aliphatic rings. The number of rotatable bonds is 7. The summed E-state index contributed by atoms with van der Waals surface area (Å²) in [6.07, 6.45) is 2.46. The zero-order chi connectivity index (χ0) is 12.9. The van der Waals surface area contributed by atoms with Crippen LogP contribution in [0.25, 0.3) is 0 Å². The molecule has 1 heterocycles. The van der Waals surface area contributed by atoms with Gasteiger partial charge in [0.05, 0.1) is 6.54 Å². The van der Waals surface area contributed by atoms with Gasteiger partial charge in [-0.25, -0.2) is 9.67 Å². The van der Waals surface area contributed by atoms with Crippen LogP contribution < -0.4 is 5.32 Å². The molecule has 0 unspecified atom stereocenters. The average Bonchev–Trinajstić information content (AvgIpc) is 2.80. The van der Waals surface area contributed by atoms with E-state index in [4.69, 9.17) is 23.2 Å². The molecule has 4 nitrogen and oxygen atoms in total. The van der Waals surface area contributed by atoms with E-state index >= 15 is 0 Å². The van der Waals surface area contributed by atoms with E-state index in [1.54, 1.807) is 6.33 Å².